The summed E-state index contributed by atoms with van der Waals surface area (Å²) in [6.07, 6.45) is 1.02. The van der Waals surface area contributed by atoms with Crippen LogP contribution in [-0.4, -0.2) is 22.5 Å². The number of primary amides is 1. The standard InChI is InChI=1S/C19H15FN6O2/c20-16-11-23-19(25-13-4-1-3-12(9-13)17(22)27)26-18(16)24-14-5-2-6-15(10-14)28-8-7-21/h1-6,9-11H,8H2,(H2,22,27)(H2,23,24,25,26). The predicted octanol–water partition coefficient (Wildman–Crippen LogP) is 3.10. The van der Waals surface area contributed by atoms with E-state index in [0.717, 1.165) is 6.20 Å². The lowest BCUT2D eigenvalue weighted by molar-refractivity contribution is 0.100. The lowest BCUT2D eigenvalue weighted by atomic mass is 10.2. The van der Waals surface area contributed by atoms with Gasteiger partial charge in [0.2, 0.25) is 11.9 Å². The van der Waals surface area contributed by atoms with Gasteiger partial charge in [-0.2, -0.15) is 10.2 Å². The molecule has 0 fully saturated rings. The van der Waals surface area contributed by atoms with Crippen LogP contribution in [0.1, 0.15) is 10.4 Å². The number of rotatable bonds is 7. The van der Waals surface area contributed by atoms with E-state index in [-0.39, 0.29) is 18.4 Å². The zero-order chi connectivity index (χ0) is 19.9. The van der Waals surface area contributed by atoms with Gasteiger partial charge >= 0.3 is 0 Å². The third-order valence-corrected chi connectivity index (χ3v) is 3.55. The molecule has 140 valence electrons. The van der Waals surface area contributed by atoms with Crippen molar-refractivity contribution in [3.8, 4) is 11.8 Å². The van der Waals surface area contributed by atoms with Crippen LogP contribution in [0.3, 0.4) is 0 Å². The number of hydrogen-bond donors (Lipinski definition) is 3. The highest BCUT2D eigenvalue weighted by Gasteiger charge is 2.09. The Morgan fingerprint density at radius 3 is 2.68 bits per heavy atom. The summed E-state index contributed by atoms with van der Waals surface area (Å²) in [5.41, 5.74) is 6.63. The van der Waals surface area contributed by atoms with Gasteiger partial charge in [-0.05, 0) is 30.3 Å². The van der Waals surface area contributed by atoms with Crippen LogP contribution in [0.4, 0.5) is 27.5 Å². The van der Waals surface area contributed by atoms with Gasteiger partial charge in [-0.25, -0.2) is 9.37 Å². The number of nitrogens with one attached hydrogen (secondary N) is 2. The molecule has 9 heteroatoms. The first-order valence-electron chi connectivity index (χ1n) is 8.11. The molecule has 0 radical (unpaired) electrons. The van der Waals surface area contributed by atoms with E-state index >= 15 is 0 Å². The summed E-state index contributed by atoms with van der Waals surface area (Å²) in [7, 11) is 0. The molecule has 0 unspecified atom stereocenters. The Morgan fingerprint density at radius 2 is 1.93 bits per heavy atom. The molecule has 2 aromatic carbocycles. The minimum Gasteiger partial charge on any atom is -0.479 e. The van der Waals surface area contributed by atoms with Crippen molar-refractivity contribution < 1.29 is 13.9 Å². The monoisotopic (exact) mass is 378 g/mol. The van der Waals surface area contributed by atoms with E-state index in [2.05, 4.69) is 20.6 Å². The van der Waals surface area contributed by atoms with Crippen LogP contribution < -0.4 is 21.1 Å². The third kappa shape index (κ3) is 4.70. The third-order valence-electron chi connectivity index (χ3n) is 3.55. The molecule has 1 amide bonds. The van der Waals surface area contributed by atoms with Crippen molar-refractivity contribution in [3.05, 3.63) is 66.1 Å². The van der Waals surface area contributed by atoms with E-state index < -0.39 is 11.7 Å². The van der Waals surface area contributed by atoms with Gasteiger partial charge in [-0.1, -0.05) is 12.1 Å². The Balaban J connectivity index is 1.79. The van der Waals surface area contributed by atoms with Gasteiger partial charge in [0, 0.05) is 23.0 Å². The largest absolute Gasteiger partial charge is 0.479 e. The number of aromatic nitrogens is 2. The molecule has 0 saturated heterocycles. The molecule has 0 aliphatic heterocycles. The number of anilines is 4. The van der Waals surface area contributed by atoms with Gasteiger partial charge in [0.25, 0.3) is 0 Å². The first kappa shape index (κ1) is 18.6. The molecule has 3 rings (SSSR count). The zero-order valence-corrected chi connectivity index (χ0v) is 14.5. The molecule has 0 aliphatic carbocycles. The van der Waals surface area contributed by atoms with E-state index in [9.17, 15) is 9.18 Å². The minimum absolute atomic E-state index is 0.0546. The SMILES string of the molecule is N#CCOc1cccc(Nc2nc(Nc3cccc(C(N)=O)c3)ncc2F)c1. The average molecular weight is 378 g/mol. The van der Waals surface area contributed by atoms with Crippen LogP contribution in [0.2, 0.25) is 0 Å². The van der Waals surface area contributed by atoms with Crippen LogP contribution in [0.15, 0.2) is 54.7 Å². The number of ether oxygens (including phenoxy) is 1. The molecule has 0 saturated carbocycles. The number of nitrogens with zero attached hydrogens (tertiary/aromatic N) is 3. The fourth-order valence-corrected chi connectivity index (χ4v) is 2.31. The predicted molar refractivity (Wildman–Crippen MR) is 101 cm³/mol. The van der Waals surface area contributed by atoms with Gasteiger partial charge in [-0.3, -0.25) is 4.79 Å². The summed E-state index contributed by atoms with van der Waals surface area (Å²) in [4.78, 5) is 19.3. The maximum absolute atomic E-state index is 14.1. The summed E-state index contributed by atoms with van der Waals surface area (Å²) < 4.78 is 19.3. The van der Waals surface area contributed by atoms with Crippen molar-refractivity contribution >= 4 is 29.0 Å². The van der Waals surface area contributed by atoms with Crippen molar-refractivity contribution in [1.82, 2.24) is 9.97 Å². The second-order valence-electron chi connectivity index (χ2n) is 5.56. The number of halogens is 1. The molecule has 0 bridgehead atoms. The van der Waals surface area contributed by atoms with Crippen LogP contribution in [-0.2, 0) is 0 Å². The fourth-order valence-electron chi connectivity index (χ4n) is 2.31. The van der Waals surface area contributed by atoms with Crippen molar-refractivity contribution in [2.24, 2.45) is 5.73 Å². The smallest absolute Gasteiger partial charge is 0.248 e. The van der Waals surface area contributed by atoms with E-state index in [1.165, 1.54) is 6.07 Å². The van der Waals surface area contributed by atoms with Gasteiger partial charge in [0.15, 0.2) is 18.2 Å². The second kappa shape index (κ2) is 8.46. The fraction of sp³-hybridized carbons (Fsp3) is 0.0526. The molecule has 0 spiro atoms. The Hall–Kier alpha value is -4.19. The Morgan fingerprint density at radius 1 is 1.18 bits per heavy atom. The van der Waals surface area contributed by atoms with Crippen LogP contribution in [0, 0.1) is 17.1 Å². The molecule has 1 aromatic heterocycles. The number of nitriles is 1. The number of hydrogen-bond acceptors (Lipinski definition) is 7. The summed E-state index contributed by atoms with van der Waals surface area (Å²) in [5, 5.41) is 14.3. The Labute approximate surface area is 159 Å². The maximum Gasteiger partial charge on any atom is 0.248 e. The van der Waals surface area contributed by atoms with Gasteiger partial charge in [0.05, 0.1) is 6.20 Å². The molecule has 4 N–H and O–H groups in total. The number of carbonyl (C=O) groups is 1. The lowest BCUT2D eigenvalue weighted by Gasteiger charge is -2.11. The van der Waals surface area contributed by atoms with Crippen molar-refractivity contribution in [1.29, 1.82) is 5.26 Å². The van der Waals surface area contributed by atoms with E-state index in [0.29, 0.717) is 22.7 Å². The van der Waals surface area contributed by atoms with Crippen molar-refractivity contribution in [2.45, 2.75) is 0 Å². The molecule has 0 atom stereocenters. The first-order chi connectivity index (χ1) is 13.5. The number of nitrogens with two attached hydrogens (primary N) is 1. The lowest BCUT2D eigenvalue weighted by Crippen LogP contribution is -2.11. The first-order valence-corrected chi connectivity index (χ1v) is 8.11. The Kier molecular flexibility index (Phi) is 5.62. The minimum atomic E-state index is -0.653. The normalized spacial score (nSPS) is 10.0. The summed E-state index contributed by atoms with van der Waals surface area (Å²) in [5.74, 6) is -0.685. The molecule has 1 heterocycles. The average Bonchev–Trinajstić information content (AvgIpc) is 2.69. The highest BCUT2D eigenvalue weighted by atomic mass is 19.1. The maximum atomic E-state index is 14.1. The molecule has 28 heavy (non-hydrogen) atoms. The topological polar surface area (TPSA) is 126 Å². The van der Waals surface area contributed by atoms with Crippen molar-refractivity contribution in [3.63, 3.8) is 0 Å². The Bertz CT molecular complexity index is 1050. The highest BCUT2D eigenvalue weighted by Crippen LogP contribution is 2.23. The molecule has 8 nitrogen and oxygen atoms in total. The van der Waals surface area contributed by atoms with E-state index in [1.54, 1.807) is 42.5 Å². The zero-order valence-electron chi connectivity index (χ0n) is 14.5. The number of benzene rings is 2. The highest BCUT2D eigenvalue weighted by molar-refractivity contribution is 5.93. The number of amides is 1. The van der Waals surface area contributed by atoms with Gasteiger partial charge < -0.3 is 21.1 Å². The quantitative estimate of drug-likeness (QED) is 0.576. The van der Waals surface area contributed by atoms with Crippen LogP contribution >= 0.6 is 0 Å². The van der Waals surface area contributed by atoms with Gasteiger partial charge in [-0.15, -0.1) is 0 Å². The molecular formula is C19H15FN6O2. The van der Waals surface area contributed by atoms with Gasteiger partial charge in [0.1, 0.15) is 11.8 Å². The molecule has 3 aromatic rings. The summed E-state index contributed by atoms with van der Waals surface area (Å²) >= 11 is 0. The number of carbonyl (C=O) groups excluding carboxylic acids is 1. The second-order valence-corrected chi connectivity index (χ2v) is 5.56. The summed E-state index contributed by atoms with van der Waals surface area (Å²) in [6, 6.07) is 15.0. The van der Waals surface area contributed by atoms with Crippen LogP contribution in [0.5, 0.6) is 5.75 Å². The van der Waals surface area contributed by atoms with E-state index in [4.69, 9.17) is 15.7 Å². The molecular weight excluding hydrogens is 363 g/mol. The summed E-state index contributed by atoms with van der Waals surface area (Å²) in [6.45, 7) is -0.0935. The molecule has 0 aliphatic rings. The van der Waals surface area contributed by atoms with Crippen molar-refractivity contribution in [2.75, 3.05) is 17.2 Å². The van der Waals surface area contributed by atoms with E-state index in [1.807, 2.05) is 6.07 Å². The van der Waals surface area contributed by atoms with Crippen LogP contribution in [0.25, 0.3) is 0 Å².